The third-order valence-corrected chi connectivity index (χ3v) is 6.62. The van der Waals surface area contributed by atoms with Gasteiger partial charge in [0.05, 0.1) is 10.4 Å². The molecule has 0 unspecified atom stereocenters. The zero-order valence-electron chi connectivity index (χ0n) is 16.3. The molecule has 0 spiro atoms. The highest BCUT2D eigenvalue weighted by Gasteiger charge is 2.22. The summed E-state index contributed by atoms with van der Waals surface area (Å²) in [6, 6.07) is 26.1. The Morgan fingerprint density at radius 3 is 2.24 bits per heavy atom. The van der Waals surface area contributed by atoms with E-state index in [1.54, 1.807) is 24.3 Å². The number of rotatable bonds is 7. The van der Waals surface area contributed by atoms with Gasteiger partial charge in [-0.15, -0.1) is 0 Å². The largest absolute Gasteiger partial charge is 0.489 e. The number of hydrogen-bond acceptors (Lipinski definition) is 3. The van der Waals surface area contributed by atoms with Crippen molar-refractivity contribution in [3.8, 4) is 5.75 Å². The Kier molecular flexibility index (Phi) is 5.41. The van der Waals surface area contributed by atoms with E-state index < -0.39 is 10.0 Å². The van der Waals surface area contributed by atoms with Crippen molar-refractivity contribution in [3.05, 3.63) is 96.2 Å². The molecule has 1 heterocycles. The molecule has 3 aromatic carbocycles. The van der Waals surface area contributed by atoms with Gasteiger partial charge < -0.3 is 4.74 Å². The van der Waals surface area contributed by atoms with Gasteiger partial charge >= 0.3 is 0 Å². The second-order valence-corrected chi connectivity index (χ2v) is 8.75. The van der Waals surface area contributed by atoms with Crippen LogP contribution < -0.4 is 4.74 Å². The zero-order valence-corrected chi connectivity index (χ0v) is 17.1. The Morgan fingerprint density at radius 2 is 1.55 bits per heavy atom. The van der Waals surface area contributed by atoms with Crippen molar-refractivity contribution in [2.24, 2.45) is 0 Å². The lowest BCUT2D eigenvalue weighted by atomic mass is 10.2. The molecule has 0 atom stereocenters. The summed E-state index contributed by atoms with van der Waals surface area (Å²) in [4.78, 5) is 0.291. The Morgan fingerprint density at radius 1 is 0.862 bits per heavy atom. The minimum absolute atomic E-state index is 0.291. The predicted molar refractivity (Wildman–Crippen MR) is 116 cm³/mol. The molecule has 148 valence electrons. The van der Waals surface area contributed by atoms with Crippen molar-refractivity contribution in [2.75, 3.05) is 0 Å². The number of nitrogens with zero attached hydrogens (tertiary/aromatic N) is 1. The monoisotopic (exact) mass is 405 g/mol. The lowest BCUT2D eigenvalue weighted by Gasteiger charge is -2.12. The average Bonchev–Trinajstić information content (AvgIpc) is 3.12. The summed E-state index contributed by atoms with van der Waals surface area (Å²) in [7, 11) is -3.67. The highest BCUT2D eigenvalue weighted by Crippen LogP contribution is 2.29. The molecule has 4 nitrogen and oxygen atoms in total. The van der Waals surface area contributed by atoms with Crippen LogP contribution in [0.1, 0.15) is 24.6 Å². The molecule has 0 amide bonds. The van der Waals surface area contributed by atoms with Crippen LogP contribution in [0, 0.1) is 0 Å². The van der Waals surface area contributed by atoms with Crippen LogP contribution in [0.5, 0.6) is 5.75 Å². The van der Waals surface area contributed by atoms with E-state index >= 15 is 0 Å². The van der Waals surface area contributed by atoms with E-state index in [0.717, 1.165) is 28.8 Å². The van der Waals surface area contributed by atoms with E-state index in [4.69, 9.17) is 4.74 Å². The van der Waals surface area contributed by atoms with Gasteiger partial charge in [-0.1, -0.05) is 61.9 Å². The molecule has 4 rings (SSSR count). The van der Waals surface area contributed by atoms with E-state index in [0.29, 0.717) is 23.4 Å². The fourth-order valence-electron chi connectivity index (χ4n) is 3.47. The van der Waals surface area contributed by atoms with Gasteiger partial charge in [0.15, 0.2) is 0 Å². The molecular weight excluding hydrogens is 382 g/mol. The van der Waals surface area contributed by atoms with E-state index in [-0.39, 0.29) is 0 Å². The van der Waals surface area contributed by atoms with Crippen LogP contribution in [0.4, 0.5) is 0 Å². The first-order valence-corrected chi connectivity index (χ1v) is 11.2. The molecule has 0 saturated carbocycles. The Hall–Kier alpha value is -3.05. The van der Waals surface area contributed by atoms with Crippen molar-refractivity contribution in [1.29, 1.82) is 0 Å². The van der Waals surface area contributed by atoms with Gasteiger partial charge in [-0.05, 0) is 48.4 Å². The maximum absolute atomic E-state index is 13.3. The van der Waals surface area contributed by atoms with E-state index in [1.807, 2.05) is 67.6 Å². The molecule has 0 saturated heterocycles. The molecule has 0 aliphatic carbocycles. The molecule has 0 bridgehead atoms. The van der Waals surface area contributed by atoms with Crippen LogP contribution in [0.15, 0.2) is 89.8 Å². The Labute approximate surface area is 171 Å². The summed E-state index contributed by atoms with van der Waals surface area (Å²) in [5, 5.41) is 0.860. The van der Waals surface area contributed by atoms with Gasteiger partial charge in [-0.3, -0.25) is 0 Å². The van der Waals surface area contributed by atoms with E-state index in [2.05, 4.69) is 0 Å². The highest BCUT2D eigenvalue weighted by atomic mass is 32.2. The number of hydrogen-bond donors (Lipinski definition) is 0. The predicted octanol–water partition coefficient (Wildman–Crippen LogP) is 5.41. The molecule has 0 radical (unpaired) electrons. The van der Waals surface area contributed by atoms with Crippen LogP contribution in [-0.2, 0) is 23.1 Å². The van der Waals surface area contributed by atoms with Crippen LogP contribution in [0.2, 0.25) is 0 Å². The first-order valence-electron chi connectivity index (χ1n) is 9.71. The quantitative estimate of drug-likeness (QED) is 0.413. The summed E-state index contributed by atoms with van der Waals surface area (Å²) < 4.78 is 34.1. The summed E-state index contributed by atoms with van der Waals surface area (Å²) in [5.41, 5.74) is 2.54. The van der Waals surface area contributed by atoms with Gasteiger partial charge in [-0.25, -0.2) is 12.4 Å². The normalized spacial score (nSPS) is 11.6. The fourth-order valence-corrected chi connectivity index (χ4v) is 5.06. The van der Waals surface area contributed by atoms with Gasteiger partial charge in [0.2, 0.25) is 0 Å². The van der Waals surface area contributed by atoms with E-state index in [9.17, 15) is 8.42 Å². The average molecular weight is 406 g/mol. The molecular formula is C24H23NO3S. The Bertz CT molecular complexity index is 1210. The minimum atomic E-state index is -3.67. The molecule has 29 heavy (non-hydrogen) atoms. The second-order valence-electron chi connectivity index (χ2n) is 6.96. The van der Waals surface area contributed by atoms with Crippen molar-refractivity contribution >= 4 is 20.9 Å². The van der Waals surface area contributed by atoms with Gasteiger partial charge in [0.1, 0.15) is 12.4 Å². The SMILES string of the molecule is CCCc1cc2cc(OCc3ccccc3)ccc2n1S(=O)(=O)c1ccccc1. The van der Waals surface area contributed by atoms with Crippen LogP contribution in [0.3, 0.4) is 0 Å². The first kappa shape index (κ1) is 19.3. The van der Waals surface area contributed by atoms with Gasteiger partial charge in [-0.2, -0.15) is 0 Å². The summed E-state index contributed by atoms with van der Waals surface area (Å²) in [6.45, 7) is 2.52. The lowest BCUT2D eigenvalue weighted by Crippen LogP contribution is -2.15. The summed E-state index contributed by atoms with van der Waals surface area (Å²) in [5.74, 6) is 0.721. The van der Waals surface area contributed by atoms with Gasteiger partial charge in [0, 0.05) is 11.1 Å². The molecule has 1 aromatic heterocycles. The van der Waals surface area contributed by atoms with E-state index in [1.165, 1.54) is 3.97 Å². The highest BCUT2D eigenvalue weighted by molar-refractivity contribution is 7.90. The van der Waals surface area contributed by atoms with Crippen molar-refractivity contribution < 1.29 is 13.2 Å². The fraction of sp³-hybridized carbons (Fsp3) is 0.167. The molecule has 0 fully saturated rings. The van der Waals surface area contributed by atoms with Crippen LogP contribution >= 0.6 is 0 Å². The minimum Gasteiger partial charge on any atom is -0.489 e. The van der Waals surface area contributed by atoms with Crippen molar-refractivity contribution in [3.63, 3.8) is 0 Å². The standard InChI is InChI=1S/C24H23NO3S/c1-2-9-21-16-20-17-22(28-18-19-10-5-3-6-11-19)14-15-24(20)25(21)29(26,27)23-12-7-4-8-13-23/h3-8,10-17H,2,9,18H2,1H3. The molecule has 0 N–H and O–H groups in total. The summed E-state index contributed by atoms with van der Waals surface area (Å²) in [6.07, 6.45) is 1.54. The van der Waals surface area contributed by atoms with Crippen LogP contribution in [-0.4, -0.2) is 12.4 Å². The maximum Gasteiger partial charge on any atom is 0.268 e. The molecule has 5 heteroatoms. The zero-order chi connectivity index (χ0) is 20.3. The van der Waals surface area contributed by atoms with Crippen LogP contribution in [0.25, 0.3) is 10.9 Å². The number of aryl methyl sites for hydroxylation is 1. The summed E-state index contributed by atoms with van der Waals surface area (Å²) >= 11 is 0. The third kappa shape index (κ3) is 3.91. The van der Waals surface area contributed by atoms with Gasteiger partial charge in [0.25, 0.3) is 10.0 Å². The molecule has 0 aliphatic rings. The number of aromatic nitrogens is 1. The lowest BCUT2D eigenvalue weighted by molar-refractivity contribution is 0.306. The number of fused-ring (bicyclic) bond motifs is 1. The topological polar surface area (TPSA) is 48.3 Å². The smallest absolute Gasteiger partial charge is 0.268 e. The second kappa shape index (κ2) is 8.13. The Balaban J connectivity index is 1.74. The van der Waals surface area contributed by atoms with Crippen molar-refractivity contribution in [2.45, 2.75) is 31.3 Å². The molecule has 4 aromatic rings. The number of benzene rings is 3. The van der Waals surface area contributed by atoms with Crippen molar-refractivity contribution in [1.82, 2.24) is 3.97 Å². The molecule has 0 aliphatic heterocycles. The first-order chi connectivity index (χ1) is 14.1. The third-order valence-electron chi connectivity index (χ3n) is 4.84. The maximum atomic E-state index is 13.3. The number of ether oxygens (including phenoxy) is 1.